The van der Waals surface area contributed by atoms with E-state index in [4.69, 9.17) is 19.8 Å². The zero-order valence-electron chi connectivity index (χ0n) is 11.9. The van der Waals surface area contributed by atoms with Crippen molar-refractivity contribution in [3.63, 3.8) is 0 Å². The van der Waals surface area contributed by atoms with Crippen LogP contribution in [0.5, 0.6) is 0 Å². The van der Waals surface area contributed by atoms with Crippen molar-refractivity contribution < 1.29 is 19.8 Å². The summed E-state index contributed by atoms with van der Waals surface area (Å²) in [4.78, 5) is 27.3. The first-order valence-electron chi connectivity index (χ1n) is 6.58. The highest BCUT2D eigenvalue weighted by Crippen LogP contribution is 2.40. The SMILES string of the molecule is CN(C)c1nsc(C2CN3CCC2C3)n1.O=C(O)C(=O)O. The van der Waals surface area contributed by atoms with Gasteiger partial charge in [-0.2, -0.15) is 4.37 Å². The van der Waals surface area contributed by atoms with Crippen LogP contribution < -0.4 is 4.90 Å². The standard InChI is InChI=1S/C10H16N4S.C2H2O4/c1-13(2)10-11-9(15-12-10)8-6-14-4-3-7(8)5-14;3-1(4)2(5)6/h7-8H,3-6H2,1-2H3;(H,3,4)(H,5,6). The molecule has 0 aliphatic carbocycles. The summed E-state index contributed by atoms with van der Waals surface area (Å²) in [6.45, 7) is 3.77. The van der Waals surface area contributed by atoms with Gasteiger partial charge >= 0.3 is 11.9 Å². The van der Waals surface area contributed by atoms with Gasteiger partial charge in [0.15, 0.2) is 0 Å². The molecule has 2 fully saturated rings. The van der Waals surface area contributed by atoms with Crippen LogP contribution in [-0.2, 0) is 9.59 Å². The van der Waals surface area contributed by atoms with Gasteiger partial charge in [-0.25, -0.2) is 14.6 Å². The van der Waals surface area contributed by atoms with Gasteiger partial charge in [-0.1, -0.05) is 0 Å². The van der Waals surface area contributed by atoms with Crippen molar-refractivity contribution in [2.45, 2.75) is 12.3 Å². The highest BCUT2D eigenvalue weighted by atomic mass is 32.1. The Hall–Kier alpha value is -1.74. The maximum atomic E-state index is 9.10. The number of carbonyl (C=O) groups is 2. The van der Waals surface area contributed by atoms with Crippen LogP contribution in [0.15, 0.2) is 0 Å². The molecule has 0 saturated carbocycles. The number of hydrogen-bond acceptors (Lipinski definition) is 7. The van der Waals surface area contributed by atoms with Crippen molar-refractivity contribution in [3.05, 3.63) is 5.01 Å². The Balaban J connectivity index is 0.000000232. The van der Waals surface area contributed by atoms with Gasteiger partial charge in [0.25, 0.3) is 0 Å². The van der Waals surface area contributed by atoms with Crippen molar-refractivity contribution in [2.75, 3.05) is 38.6 Å². The lowest BCUT2D eigenvalue weighted by Crippen LogP contribution is -2.22. The van der Waals surface area contributed by atoms with E-state index < -0.39 is 11.9 Å². The van der Waals surface area contributed by atoms with Crippen molar-refractivity contribution in [2.24, 2.45) is 5.92 Å². The Morgan fingerprint density at radius 1 is 1.29 bits per heavy atom. The molecular weight excluding hydrogens is 296 g/mol. The van der Waals surface area contributed by atoms with Crippen LogP contribution in [0, 0.1) is 5.92 Å². The number of aromatic nitrogens is 2. The summed E-state index contributed by atoms with van der Waals surface area (Å²) in [5.41, 5.74) is 0. The van der Waals surface area contributed by atoms with Crippen LogP contribution in [0.4, 0.5) is 5.95 Å². The topological polar surface area (TPSA) is 107 Å². The molecule has 3 unspecified atom stereocenters. The van der Waals surface area contributed by atoms with E-state index in [9.17, 15) is 0 Å². The molecule has 3 rings (SSSR count). The van der Waals surface area contributed by atoms with Gasteiger partial charge < -0.3 is 20.0 Å². The Bertz CT molecular complexity index is 521. The summed E-state index contributed by atoms with van der Waals surface area (Å²) >= 11 is 1.59. The minimum Gasteiger partial charge on any atom is -0.473 e. The number of piperidine rings is 1. The Labute approximate surface area is 126 Å². The molecule has 2 N–H and O–H groups in total. The minimum atomic E-state index is -1.82. The van der Waals surface area contributed by atoms with E-state index >= 15 is 0 Å². The summed E-state index contributed by atoms with van der Waals surface area (Å²) in [7, 11) is 3.99. The predicted molar refractivity (Wildman–Crippen MR) is 76.8 cm³/mol. The average Bonchev–Trinajstić information content (AvgIpc) is 3.15. The van der Waals surface area contributed by atoms with Gasteiger partial charge in [0.05, 0.1) is 0 Å². The summed E-state index contributed by atoms with van der Waals surface area (Å²) in [6.07, 6.45) is 1.35. The first kappa shape index (κ1) is 15.6. The number of carboxylic acids is 2. The third-order valence-corrected chi connectivity index (χ3v) is 4.50. The third-order valence-electron chi connectivity index (χ3n) is 3.66. The number of carboxylic acid groups (broad SMARTS) is 2. The van der Waals surface area contributed by atoms with Crippen molar-refractivity contribution in [3.8, 4) is 0 Å². The van der Waals surface area contributed by atoms with E-state index in [1.165, 1.54) is 31.1 Å². The fraction of sp³-hybridized carbons (Fsp3) is 0.667. The van der Waals surface area contributed by atoms with Crippen LogP contribution >= 0.6 is 11.5 Å². The predicted octanol–water partition coefficient (Wildman–Crippen LogP) is 0.179. The largest absolute Gasteiger partial charge is 0.473 e. The minimum absolute atomic E-state index is 0.657. The van der Waals surface area contributed by atoms with E-state index in [1.54, 1.807) is 11.5 Å². The highest BCUT2D eigenvalue weighted by molar-refractivity contribution is 7.05. The van der Waals surface area contributed by atoms with E-state index in [-0.39, 0.29) is 0 Å². The zero-order chi connectivity index (χ0) is 15.6. The van der Waals surface area contributed by atoms with Crippen LogP contribution in [0.3, 0.4) is 0 Å². The van der Waals surface area contributed by atoms with E-state index in [2.05, 4.69) is 14.3 Å². The smallest absolute Gasteiger partial charge is 0.414 e. The lowest BCUT2D eigenvalue weighted by Gasteiger charge is -2.19. The number of rotatable bonds is 2. The molecule has 3 heterocycles. The van der Waals surface area contributed by atoms with Crippen molar-refractivity contribution in [1.29, 1.82) is 0 Å². The molecule has 1 aromatic heterocycles. The van der Waals surface area contributed by atoms with Gasteiger partial charge in [-0.15, -0.1) is 0 Å². The third kappa shape index (κ3) is 3.67. The second kappa shape index (κ2) is 6.35. The molecule has 2 saturated heterocycles. The second-order valence-corrected chi connectivity index (χ2v) is 6.14. The second-order valence-electron chi connectivity index (χ2n) is 5.35. The van der Waals surface area contributed by atoms with Gasteiger partial charge in [-0.3, -0.25) is 0 Å². The van der Waals surface area contributed by atoms with Crippen molar-refractivity contribution >= 4 is 29.4 Å². The van der Waals surface area contributed by atoms with Crippen LogP contribution in [-0.4, -0.2) is 70.1 Å². The van der Waals surface area contributed by atoms with E-state index in [1.807, 2.05) is 19.0 Å². The van der Waals surface area contributed by atoms with Crippen LogP contribution in [0.25, 0.3) is 0 Å². The molecule has 1 aromatic rings. The van der Waals surface area contributed by atoms with E-state index in [0.29, 0.717) is 5.92 Å². The quantitative estimate of drug-likeness (QED) is 0.744. The molecule has 116 valence electrons. The number of fused-ring (bicyclic) bond motifs is 2. The molecule has 9 heteroatoms. The molecule has 8 nitrogen and oxygen atoms in total. The maximum absolute atomic E-state index is 9.10. The highest BCUT2D eigenvalue weighted by Gasteiger charge is 2.40. The molecule has 0 spiro atoms. The Morgan fingerprint density at radius 2 is 1.95 bits per heavy atom. The molecule has 21 heavy (non-hydrogen) atoms. The molecular formula is C12H18N4O4S. The first-order chi connectivity index (χ1) is 9.88. The molecule has 0 aromatic carbocycles. The van der Waals surface area contributed by atoms with Gasteiger partial charge in [0, 0.05) is 33.1 Å². The Morgan fingerprint density at radius 3 is 2.33 bits per heavy atom. The number of aliphatic carboxylic acids is 2. The number of anilines is 1. The normalized spacial score (nSPS) is 26.1. The summed E-state index contributed by atoms with van der Waals surface area (Å²) < 4.78 is 4.38. The molecule has 2 bridgehead atoms. The Kier molecular flexibility index (Phi) is 4.73. The van der Waals surface area contributed by atoms with E-state index in [0.717, 1.165) is 11.9 Å². The lowest BCUT2D eigenvalue weighted by molar-refractivity contribution is -0.159. The van der Waals surface area contributed by atoms with Crippen LogP contribution in [0.1, 0.15) is 17.3 Å². The first-order valence-corrected chi connectivity index (χ1v) is 7.35. The fourth-order valence-electron chi connectivity index (χ4n) is 2.62. The van der Waals surface area contributed by atoms with Gasteiger partial charge in [-0.05, 0) is 30.4 Å². The summed E-state index contributed by atoms with van der Waals surface area (Å²) in [5.74, 6) is -1.28. The average molecular weight is 314 g/mol. The summed E-state index contributed by atoms with van der Waals surface area (Å²) in [5, 5.41) is 16.0. The monoisotopic (exact) mass is 314 g/mol. The summed E-state index contributed by atoms with van der Waals surface area (Å²) in [6, 6.07) is 0. The number of nitrogens with zero attached hydrogens (tertiary/aromatic N) is 4. The zero-order valence-corrected chi connectivity index (χ0v) is 12.7. The number of hydrogen-bond donors (Lipinski definition) is 2. The molecule has 0 radical (unpaired) electrons. The van der Waals surface area contributed by atoms with Gasteiger partial charge in [0.1, 0.15) is 5.01 Å². The van der Waals surface area contributed by atoms with Crippen LogP contribution in [0.2, 0.25) is 0 Å². The maximum Gasteiger partial charge on any atom is 0.414 e. The molecule has 2 aliphatic heterocycles. The fourth-order valence-corrected chi connectivity index (χ4v) is 3.53. The molecule has 2 aliphatic rings. The van der Waals surface area contributed by atoms with Gasteiger partial charge in [0.2, 0.25) is 5.95 Å². The molecule has 0 amide bonds. The lowest BCUT2D eigenvalue weighted by atomic mass is 9.93. The molecule has 3 atom stereocenters. The van der Waals surface area contributed by atoms with Crippen molar-refractivity contribution in [1.82, 2.24) is 14.3 Å².